The highest BCUT2D eigenvalue weighted by molar-refractivity contribution is 6.30. The molecule has 0 saturated carbocycles. The minimum Gasteiger partial charge on any atom is -0.345 e. The number of halogens is 4. The summed E-state index contributed by atoms with van der Waals surface area (Å²) in [6.45, 7) is 0.853. The molecule has 1 unspecified atom stereocenters. The molecule has 0 radical (unpaired) electrons. The Bertz CT molecular complexity index is 1100. The lowest BCUT2D eigenvalue weighted by Gasteiger charge is -2.25. The monoisotopic (exact) mass is 438 g/mol. The van der Waals surface area contributed by atoms with Gasteiger partial charge < -0.3 is 10.2 Å². The molecule has 30 heavy (non-hydrogen) atoms. The van der Waals surface area contributed by atoms with Gasteiger partial charge in [0.1, 0.15) is 24.2 Å². The summed E-state index contributed by atoms with van der Waals surface area (Å²) >= 11 is 6.09. The number of aryl methyl sites for hydroxylation is 1. The molecule has 0 spiro atoms. The zero-order chi connectivity index (χ0) is 21.5. The molecule has 3 heterocycles. The van der Waals surface area contributed by atoms with Crippen molar-refractivity contribution in [3.63, 3.8) is 0 Å². The van der Waals surface area contributed by atoms with Crippen molar-refractivity contribution >= 4 is 34.4 Å². The fraction of sp³-hybridized carbons (Fsp3) is 0.368. The number of carbonyl (C=O) groups excluding carboxylic acids is 1. The first-order chi connectivity index (χ1) is 14.2. The van der Waals surface area contributed by atoms with Crippen LogP contribution in [0, 0.1) is 6.92 Å². The van der Waals surface area contributed by atoms with Gasteiger partial charge in [0, 0.05) is 11.6 Å². The lowest BCUT2D eigenvalue weighted by Crippen LogP contribution is -2.46. The number of nitrogens with zero attached hydrogens (tertiary/aromatic N) is 5. The summed E-state index contributed by atoms with van der Waals surface area (Å²) < 4.78 is 39.1. The number of fused-ring (bicyclic) bond motifs is 1. The van der Waals surface area contributed by atoms with E-state index in [2.05, 4.69) is 15.1 Å². The Morgan fingerprint density at radius 2 is 2.13 bits per heavy atom. The molecular formula is C19H18ClF3N6O. The average molecular weight is 439 g/mol. The summed E-state index contributed by atoms with van der Waals surface area (Å²) in [5, 5.41) is 7.53. The molecule has 1 aromatic carbocycles. The normalized spacial score (nSPS) is 17.0. The van der Waals surface area contributed by atoms with Gasteiger partial charge in [-0.05, 0) is 38.0 Å². The van der Waals surface area contributed by atoms with E-state index in [1.807, 2.05) is 11.4 Å². The van der Waals surface area contributed by atoms with E-state index in [1.54, 1.807) is 40.9 Å². The molecule has 4 rings (SSSR count). The van der Waals surface area contributed by atoms with Crippen molar-refractivity contribution in [2.24, 2.45) is 0 Å². The Morgan fingerprint density at radius 1 is 1.33 bits per heavy atom. The molecule has 1 saturated heterocycles. The molecule has 3 aromatic rings. The van der Waals surface area contributed by atoms with Crippen molar-refractivity contribution in [1.82, 2.24) is 25.1 Å². The predicted octanol–water partition coefficient (Wildman–Crippen LogP) is 3.42. The van der Waals surface area contributed by atoms with Gasteiger partial charge >= 0.3 is 6.18 Å². The highest BCUT2D eigenvalue weighted by atomic mass is 35.5. The SMILES string of the molecule is Cc1nc(N2CCCC2C(=O)NCC(F)(F)F)c2cnn(-c3cccc(Cl)c3)c2n1. The molecule has 0 bridgehead atoms. The number of anilines is 1. The second-order valence-electron chi connectivity index (χ2n) is 7.05. The van der Waals surface area contributed by atoms with Crippen molar-refractivity contribution in [2.45, 2.75) is 32.0 Å². The lowest BCUT2D eigenvalue weighted by atomic mass is 10.2. The van der Waals surface area contributed by atoms with Crippen LogP contribution < -0.4 is 10.2 Å². The fourth-order valence-electron chi connectivity index (χ4n) is 3.61. The summed E-state index contributed by atoms with van der Waals surface area (Å²) in [4.78, 5) is 23.1. The Hall–Kier alpha value is -2.88. The third kappa shape index (κ3) is 4.04. The molecule has 1 aliphatic heterocycles. The summed E-state index contributed by atoms with van der Waals surface area (Å²) in [6.07, 6.45) is -1.77. The Balaban J connectivity index is 1.71. The Labute approximate surface area is 174 Å². The number of aromatic nitrogens is 4. The van der Waals surface area contributed by atoms with Gasteiger partial charge in [0.15, 0.2) is 5.65 Å². The van der Waals surface area contributed by atoms with Crippen LogP contribution in [0.5, 0.6) is 0 Å². The minimum atomic E-state index is -4.46. The summed E-state index contributed by atoms with van der Waals surface area (Å²) in [5.74, 6) is 0.273. The van der Waals surface area contributed by atoms with Crippen LogP contribution in [0.3, 0.4) is 0 Å². The molecule has 1 fully saturated rings. The van der Waals surface area contributed by atoms with E-state index >= 15 is 0 Å². The second-order valence-corrected chi connectivity index (χ2v) is 7.49. The van der Waals surface area contributed by atoms with E-state index in [1.165, 1.54) is 0 Å². The van der Waals surface area contributed by atoms with Crippen LogP contribution in [0.1, 0.15) is 18.7 Å². The van der Waals surface area contributed by atoms with Gasteiger partial charge in [0.05, 0.1) is 17.3 Å². The zero-order valence-electron chi connectivity index (χ0n) is 15.9. The maximum atomic E-state index is 12.5. The van der Waals surface area contributed by atoms with Gasteiger partial charge in [-0.3, -0.25) is 4.79 Å². The van der Waals surface area contributed by atoms with Gasteiger partial charge in [-0.25, -0.2) is 14.6 Å². The number of carbonyl (C=O) groups is 1. The molecule has 11 heteroatoms. The number of hydrogen-bond donors (Lipinski definition) is 1. The van der Waals surface area contributed by atoms with Crippen LogP contribution in [0.15, 0.2) is 30.5 Å². The molecule has 1 atom stereocenters. The van der Waals surface area contributed by atoms with E-state index in [-0.39, 0.29) is 0 Å². The number of benzene rings is 1. The predicted molar refractivity (Wildman–Crippen MR) is 106 cm³/mol. The van der Waals surface area contributed by atoms with E-state index in [0.717, 1.165) is 0 Å². The summed E-state index contributed by atoms with van der Waals surface area (Å²) in [5.41, 5.74) is 1.24. The maximum Gasteiger partial charge on any atom is 0.405 e. The molecule has 1 aliphatic rings. The standard InChI is InChI=1S/C19H18ClF3N6O/c1-11-26-16(28-7-3-6-15(28)18(30)24-10-19(21,22)23)14-9-25-29(17(14)27-11)13-5-2-4-12(20)8-13/h2,4-5,8-9,15H,3,6-7,10H2,1H3,(H,24,30). The largest absolute Gasteiger partial charge is 0.405 e. The van der Waals surface area contributed by atoms with Crippen molar-refractivity contribution in [1.29, 1.82) is 0 Å². The van der Waals surface area contributed by atoms with Gasteiger partial charge in [-0.2, -0.15) is 18.3 Å². The number of rotatable bonds is 4. The van der Waals surface area contributed by atoms with E-state index in [9.17, 15) is 18.0 Å². The summed E-state index contributed by atoms with van der Waals surface area (Å²) in [6, 6.07) is 6.38. The first kappa shape index (κ1) is 20.4. The average Bonchev–Trinajstić information content (AvgIpc) is 3.32. The highest BCUT2D eigenvalue weighted by Crippen LogP contribution is 2.31. The van der Waals surface area contributed by atoms with Crippen LogP contribution in [-0.4, -0.2) is 51.0 Å². The minimum absolute atomic E-state index is 0.441. The Kier molecular flexibility index (Phi) is 5.27. The van der Waals surface area contributed by atoms with Crippen molar-refractivity contribution in [3.05, 3.63) is 41.3 Å². The van der Waals surface area contributed by atoms with E-state index in [4.69, 9.17) is 11.6 Å². The molecule has 2 aromatic heterocycles. The third-order valence-corrected chi connectivity index (χ3v) is 5.10. The maximum absolute atomic E-state index is 12.5. The van der Waals surface area contributed by atoms with Crippen LogP contribution in [0.25, 0.3) is 16.7 Å². The zero-order valence-corrected chi connectivity index (χ0v) is 16.7. The van der Waals surface area contributed by atoms with Gasteiger partial charge in [0.25, 0.3) is 0 Å². The molecule has 0 aliphatic carbocycles. The number of alkyl halides is 3. The quantitative estimate of drug-likeness (QED) is 0.675. The van der Waals surface area contributed by atoms with E-state index in [0.29, 0.717) is 52.8 Å². The molecular weight excluding hydrogens is 421 g/mol. The van der Waals surface area contributed by atoms with Crippen LogP contribution in [0.2, 0.25) is 5.02 Å². The summed E-state index contributed by atoms with van der Waals surface area (Å²) in [7, 11) is 0. The van der Waals surface area contributed by atoms with Gasteiger partial charge in [0.2, 0.25) is 5.91 Å². The van der Waals surface area contributed by atoms with E-state index < -0.39 is 24.7 Å². The van der Waals surface area contributed by atoms with Crippen LogP contribution >= 0.6 is 11.6 Å². The number of nitrogens with one attached hydrogen (secondary N) is 1. The number of hydrogen-bond acceptors (Lipinski definition) is 5. The van der Waals surface area contributed by atoms with Crippen molar-refractivity contribution < 1.29 is 18.0 Å². The topological polar surface area (TPSA) is 75.9 Å². The van der Waals surface area contributed by atoms with Gasteiger partial charge in [-0.15, -0.1) is 0 Å². The first-order valence-corrected chi connectivity index (χ1v) is 9.70. The van der Waals surface area contributed by atoms with Crippen molar-refractivity contribution in [2.75, 3.05) is 18.0 Å². The first-order valence-electron chi connectivity index (χ1n) is 9.32. The second kappa shape index (κ2) is 7.75. The van der Waals surface area contributed by atoms with Crippen LogP contribution in [-0.2, 0) is 4.79 Å². The molecule has 1 N–H and O–H groups in total. The van der Waals surface area contributed by atoms with Crippen molar-refractivity contribution in [3.8, 4) is 5.69 Å². The fourth-order valence-corrected chi connectivity index (χ4v) is 3.80. The van der Waals surface area contributed by atoms with Crippen LogP contribution in [0.4, 0.5) is 19.0 Å². The molecule has 7 nitrogen and oxygen atoms in total. The van der Waals surface area contributed by atoms with Gasteiger partial charge in [-0.1, -0.05) is 17.7 Å². The Morgan fingerprint density at radius 3 is 2.87 bits per heavy atom. The molecule has 158 valence electrons. The third-order valence-electron chi connectivity index (χ3n) is 4.86. The molecule has 1 amide bonds. The lowest BCUT2D eigenvalue weighted by molar-refractivity contribution is -0.139. The highest BCUT2D eigenvalue weighted by Gasteiger charge is 2.36. The smallest absolute Gasteiger partial charge is 0.345 e. The number of amides is 1.